The number of ether oxygens (including phenoxy) is 1. The molecule has 0 bridgehead atoms. The Morgan fingerprint density at radius 1 is 1.40 bits per heavy atom. The highest BCUT2D eigenvalue weighted by atomic mass is 19.4. The summed E-state index contributed by atoms with van der Waals surface area (Å²) in [6.45, 7) is 0. The van der Waals surface area contributed by atoms with Gasteiger partial charge in [0.25, 0.3) is 0 Å². The van der Waals surface area contributed by atoms with Crippen LogP contribution in [0.15, 0.2) is 28.7 Å². The average molecular weight is 287 g/mol. The van der Waals surface area contributed by atoms with Gasteiger partial charge < -0.3 is 9.15 Å². The number of rotatable bonds is 4. The lowest BCUT2D eigenvalue weighted by molar-refractivity contribution is -0.184. The Balaban J connectivity index is 2.20. The number of aromatic nitrogens is 1. The topological polar surface area (TPSA) is 52.3 Å². The lowest BCUT2D eigenvalue weighted by atomic mass is 10.0. The van der Waals surface area contributed by atoms with E-state index in [1.807, 2.05) is 0 Å². The largest absolute Gasteiger partial charge is 0.469 e. The zero-order chi connectivity index (χ0) is 14.8. The third kappa shape index (κ3) is 3.28. The van der Waals surface area contributed by atoms with Crippen LogP contribution in [0.1, 0.15) is 12.3 Å². The van der Waals surface area contributed by atoms with Crippen molar-refractivity contribution >= 4 is 17.1 Å². The van der Waals surface area contributed by atoms with Crippen molar-refractivity contribution in [1.29, 1.82) is 0 Å². The number of halogens is 3. The van der Waals surface area contributed by atoms with Crippen molar-refractivity contribution in [2.45, 2.75) is 19.0 Å². The van der Waals surface area contributed by atoms with E-state index in [4.69, 9.17) is 4.42 Å². The van der Waals surface area contributed by atoms with E-state index in [-0.39, 0.29) is 5.89 Å². The molecule has 0 spiro atoms. The number of hydrogen-bond donors (Lipinski definition) is 0. The summed E-state index contributed by atoms with van der Waals surface area (Å²) in [6.07, 6.45) is -5.76. The van der Waals surface area contributed by atoms with Crippen molar-refractivity contribution < 1.29 is 27.1 Å². The Kier molecular flexibility index (Phi) is 3.96. The van der Waals surface area contributed by atoms with E-state index in [1.54, 1.807) is 24.3 Å². The molecule has 1 aromatic heterocycles. The molecule has 0 amide bonds. The van der Waals surface area contributed by atoms with Gasteiger partial charge in [0.1, 0.15) is 5.52 Å². The molecule has 20 heavy (non-hydrogen) atoms. The number of nitrogens with zero attached hydrogens (tertiary/aromatic N) is 1. The van der Waals surface area contributed by atoms with Gasteiger partial charge in [-0.25, -0.2) is 4.98 Å². The van der Waals surface area contributed by atoms with E-state index in [2.05, 4.69) is 9.72 Å². The van der Waals surface area contributed by atoms with Crippen LogP contribution in [-0.4, -0.2) is 24.2 Å². The summed E-state index contributed by atoms with van der Waals surface area (Å²) in [5.41, 5.74) is 0.906. The Hall–Kier alpha value is -2.05. The summed E-state index contributed by atoms with van der Waals surface area (Å²) in [6, 6.07) is 6.68. The number of hydrogen-bond acceptors (Lipinski definition) is 4. The van der Waals surface area contributed by atoms with Crippen molar-refractivity contribution in [3.8, 4) is 0 Å². The molecule has 0 fully saturated rings. The first-order valence-electron chi connectivity index (χ1n) is 5.88. The van der Waals surface area contributed by atoms with E-state index >= 15 is 0 Å². The number of oxazole rings is 1. The second-order valence-corrected chi connectivity index (χ2v) is 4.30. The van der Waals surface area contributed by atoms with Crippen LogP contribution >= 0.6 is 0 Å². The number of benzene rings is 1. The highest BCUT2D eigenvalue weighted by molar-refractivity contribution is 5.72. The number of esters is 1. The fourth-order valence-corrected chi connectivity index (χ4v) is 1.81. The fraction of sp³-hybridized carbons (Fsp3) is 0.385. The molecular formula is C13H12F3NO3. The maximum Gasteiger partial charge on any atom is 0.392 e. The molecular weight excluding hydrogens is 275 g/mol. The lowest BCUT2D eigenvalue weighted by Crippen LogP contribution is -2.28. The molecule has 0 saturated heterocycles. The minimum atomic E-state index is -4.52. The molecule has 0 aliphatic rings. The Labute approximate surface area is 112 Å². The number of alkyl halides is 3. The quantitative estimate of drug-likeness (QED) is 0.811. The van der Waals surface area contributed by atoms with Gasteiger partial charge in [0.05, 0.1) is 19.4 Å². The van der Waals surface area contributed by atoms with E-state index < -0.39 is 30.9 Å². The minimum Gasteiger partial charge on any atom is -0.469 e. The van der Waals surface area contributed by atoms with Gasteiger partial charge in [0, 0.05) is 6.42 Å². The van der Waals surface area contributed by atoms with Gasteiger partial charge in [-0.2, -0.15) is 13.2 Å². The predicted octanol–water partition coefficient (Wildman–Crippen LogP) is 3.11. The predicted molar refractivity (Wildman–Crippen MR) is 63.9 cm³/mol. The first kappa shape index (κ1) is 14.4. The van der Waals surface area contributed by atoms with Gasteiger partial charge >= 0.3 is 12.1 Å². The highest BCUT2D eigenvalue weighted by Crippen LogP contribution is 2.32. The van der Waals surface area contributed by atoms with Crippen LogP contribution in [0.2, 0.25) is 0 Å². The van der Waals surface area contributed by atoms with Crippen LogP contribution in [0.25, 0.3) is 11.1 Å². The molecule has 1 aromatic carbocycles. The van der Waals surface area contributed by atoms with Crippen molar-refractivity contribution in [3.05, 3.63) is 30.2 Å². The summed E-state index contributed by atoms with van der Waals surface area (Å²) in [5.74, 6) is -2.83. The maximum atomic E-state index is 12.9. The molecule has 1 atom stereocenters. The number of methoxy groups -OCH3 is 1. The van der Waals surface area contributed by atoms with E-state index in [1.165, 1.54) is 0 Å². The Morgan fingerprint density at radius 3 is 2.70 bits per heavy atom. The normalized spacial score (nSPS) is 13.4. The second-order valence-electron chi connectivity index (χ2n) is 4.30. The summed E-state index contributed by atoms with van der Waals surface area (Å²) in [4.78, 5) is 15.0. The molecule has 0 N–H and O–H groups in total. The van der Waals surface area contributed by atoms with Crippen LogP contribution in [0.5, 0.6) is 0 Å². The second kappa shape index (κ2) is 5.52. The van der Waals surface area contributed by atoms with Gasteiger partial charge in [-0.05, 0) is 12.1 Å². The molecule has 0 saturated carbocycles. The first-order chi connectivity index (χ1) is 9.40. The molecule has 2 rings (SSSR count). The first-order valence-corrected chi connectivity index (χ1v) is 5.88. The van der Waals surface area contributed by atoms with Gasteiger partial charge in [-0.15, -0.1) is 0 Å². The summed E-state index contributed by atoms with van der Waals surface area (Å²) >= 11 is 0. The molecule has 4 nitrogen and oxygen atoms in total. The fourth-order valence-electron chi connectivity index (χ4n) is 1.81. The van der Waals surface area contributed by atoms with Crippen LogP contribution in [0, 0.1) is 5.92 Å². The molecule has 7 heteroatoms. The van der Waals surface area contributed by atoms with Gasteiger partial charge in [0.15, 0.2) is 11.5 Å². The molecule has 0 radical (unpaired) electrons. The third-order valence-electron chi connectivity index (χ3n) is 2.86. The van der Waals surface area contributed by atoms with Crippen molar-refractivity contribution in [2.24, 2.45) is 5.92 Å². The summed E-state index contributed by atoms with van der Waals surface area (Å²) in [5, 5.41) is 0. The number of carbonyl (C=O) groups excluding carboxylic acids is 1. The molecule has 108 valence electrons. The van der Waals surface area contributed by atoms with E-state index in [0.29, 0.717) is 11.1 Å². The smallest absolute Gasteiger partial charge is 0.392 e. The third-order valence-corrected chi connectivity index (χ3v) is 2.86. The van der Waals surface area contributed by atoms with Crippen LogP contribution in [0.4, 0.5) is 13.2 Å². The molecule has 2 aromatic rings. The van der Waals surface area contributed by atoms with Gasteiger partial charge in [0.2, 0.25) is 0 Å². The van der Waals surface area contributed by atoms with Crippen molar-refractivity contribution in [2.75, 3.05) is 7.11 Å². The average Bonchev–Trinajstić information content (AvgIpc) is 2.79. The number of carbonyl (C=O) groups is 1. The van der Waals surface area contributed by atoms with Gasteiger partial charge in [-0.3, -0.25) is 4.79 Å². The number of para-hydroxylation sites is 2. The zero-order valence-corrected chi connectivity index (χ0v) is 10.6. The van der Waals surface area contributed by atoms with E-state index in [0.717, 1.165) is 7.11 Å². The minimum absolute atomic E-state index is 0.0440. The van der Waals surface area contributed by atoms with Crippen molar-refractivity contribution in [3.63, 3.8) is 0 Å². The Bertz CT molecular complexity index is 573. The van der Waals surface area contributed by atoms with Gasteiger partial charge in [-0.1, -0.05) is 12.1 Å². The summed E-state index contributed by atoms with van der Waals surface area (Å²) < 4.78 is 48.2. The molecule has 0 aliphatic carbocycles. The SMILES string of the molecule is COC(=O)C[C@H](Cc1nc2ccccc2o1)C(F)(F)F. The monoisotopic (exact) mass is 287 g/mol. The maximum absolute atomic E-state index is 12.9. The zero-order valence-electron chi connectivity index (χ0n) is 10.6. The standard InChI is InChI=1S/C13H12F3NO3/c1-19-12(18)7-8(13(14,15)16)6-11-17-9-4-2-3-5-10(9)20-11/h2-5,8H,6-7H2,1H3/t8-/m0/s1. The highest BCUT2D eigenvalue weighted by Gasteiger charge is 2.42. The molecule has 1 heterocycles. The van der Waals surface area contributed by atoms with Crippen LogP contribution in [0.3, 0.4) is 0 Å². The van der Waals surface area contributed by atoms with Crippen molar-refractivity contribution in [1.82, 2.24) is 4.98 Å². The Morgan fingerprint density at radius 2 is 2.10 bits per heavy atom. The van der Waals surface area contributed by atoms with E-state index in [9.17, 15) is 18.0 Å². The molecule has 0 unspecified atom stereocenters. The van der Waals surface area contributed by atoms with Crippen LogP contribution in [-0.2, 0) is 16.0 Å². The molecule has 0 aliphatic heterocycles. The van der Waals surface area contributed by atoms with Crippen LogP contribution < -0.4 is 0 Å². The lowest BCUT2D eigenvalue weighted by Gasteiger charge is -2.17. The summed E-state index contributed by atoms with van der Waals surface area (Å²) in [7, 11) is 1.05. The number of fused-ring (bicyclic) bond motifs is 1.